The average Bonchev–Trinajstić information content (AvgIpc) is 2.67. The summed E-state index contributed by atoms with van der Waals surface area (Å²) >= 11 is 0. The lowest BCUT2D eigenvalue weighted by Crippen LogP contribution is -2.57. The van der Waals surface area contributed by atoms with Crippen LogP contribution in [0, 0.1) is 5.82 Å². The van der Waals surface area contributed by atoms with Crippen molar-refractivity contribution in [2.45, 2.75) is 19.2 Å². The molecule has 2 aromatic carbocycles. The van der Waals surface area contributed by atoms with E-state index in [2.05, 4.69) is 0 Å². The number of piperazine rings is 1. The SMILES string of the molecule is O=C(O)C1CN(C(=O)OCc2ccccc2)CCN1Cc1cccc(F)c1. The summed E-state index contributed by atoms with van der Waals surface area (Å²) in [5, 5.41) is 9.55. The molecular formula is C20H21FN2O4. The fourth-order valence-corrected chi connectivity index (χ4v) is 3.09. The summed E-state index contributed by atoms with van der Waals surface area (Å²) in [7, 11) is 0. The molecule has 6 nitrogen and oxygen atoms in total. The van der Waals surface area contributed by atoms with E-state index in [-0.39, 0.29) is 19.0 Å². The molecule has 27 heavy (non-hydrogen) atoms. The molecule has 1 amide bonds. The second-order valence-electron chi connectivity index (χ2n) is 6.44. The molecule has 1 atom stereocenters. The van der Waals surface area contributed by atoms with Crippen LogP contribution in [0.5, 0.6) is 0 Å². The number of carbonyl (C=O) groups excluding carboxylic acids is 1. The number of amides is 1. The van der Waals surface area contributed by atoms with Gasteiger partial charge in [0.05, 0.1) is 6.54 Å². The predicted octanol–water partition coefficient (Wildman–Crippen LogP) is 2.73. The lowest BCUT2D eigenvalue weighted by Gasteiger charge is -2.38. The van der Waals surface area contributed by atoms with Crippen LogP contribution >= 0.6 is 0 Å². The second-order valence-corrected chi connectivity index (χ2v) is 6.44. The van der Waals surface area contributed by atoms with Crippen molar-refractivity contribution >= 4 is 12.1 Å². The Hall–Kier alpha value is -2.93. The topological polar surface area (TPSA) is 70.1 Å². The average molecular weight is 372 g/mol. The molecule has 0 aromatic heterocycles. The zero-order valence-electron chi connectivity index (χ0n) is 14.8. The molecule has 0 saturated carbocycles. The van der Waals surface area contributed by atoms with Crippen LogP contribution in [0.3, 0.4) is 0 Å². The minimum atomic E-state index is -1.02. The van der Waals surface area contributed by atoms with Gasteiger partial charge in [-0.1, -0.05) is 42.5 Å². The fourth-order valence-electron chi connectivity index (χ4n) is 3.09. The number of hydrogen-bond acceptors (Lipinski definition) is 4. The second kappa shape index (κ2) is 8.64. The highest BCUT2D eigenvalue weighted by Gasteiger charge is 2.34. The highest BCUT2D eigenvalue weighted by molar-refractivity contribution is 5.76. The van der Waals surface area contributed by atoms with E-state index in [1.54, 1.807) is 17.0 Å². The molecule has 1 unspecified atom stereocenters. The van der Waals surface area contributed by atoms with E-state index in [9.17, 15) is 19.1 Å². The van der Waals surface area contributed by atoms with Gasteiger partial charge in [0.25, 0.3) is 0 Å². The normalized spacial score (nSPS) is 17.5. The minimum Gasteiger partial charge on any atom is -0.480 e. The standard InChI is InChI=1S/C20H21FN2O4/c21-17-8-4-7-16(11-17)12-22-9-10-23(13-18(22)19(24)25)20(26)27-14-15-5-2-1-3-6-15/h1-8,11,18H,9-10,12-14H2,(H,24,25). The number of carbonyl (C=O) groups is 2. The summed E-state index contributed by atoms with van der Waals surface area (Å²) in [6.07, 6.45) is -0.532. The summed E-state index contributed by atoms with van der Waals surface area (Å²) < 4.78 is 18.7. The molecule has 0 bridgehead atoms. The van der Waals surface area contributed by atoms with Gasteiger partial charge < -0.3 is 14.7 Å². The van der Waals surface area contributed by atoms with E-state index < -0.39 is 18.1 Å². The lowest BCUT2D eigenvalue weighted by molar-refractivity contribution is -0.145. The smallest absolute Gasteiger partial charge is 0.410 e. The summed E-state index contributed by atoms with van der Waals surface area (Å²) in [5.74, 6) is -1.38. The third-order valence-corrected chi connectivity index (χ3v) is 4.51. The van der Waals surface area contributed by atoms with Crippen molar-refractivity contribution in [1.29, 1.82) is 0 Å². The van der Waals surface area contributed by atoms with Gasteiger partial charge in [-0.05, 0) is 23.3 Å². The van der Waals surface area contributed by atoms with Crippen molar-refractivity contribution in [3.8, 4) is 0 Å². The Morgan fingerprint density at radius 2 is 1.81 bits per heavy atom. The van der Waals surface area contributed by atoms with Gasteiger partial charge in [0.1, 0.15) is 18.5 Å². The van der Waals surface area contributed by atoms with E-state index >= 15 is 0 Å². The van der Waals surface area contributed by atoms with Crippen molar-refractivity contribution in [2.24, 2.45) is 0 Å². The van der Waals surface area contributed by atoms with Gasteiger partial charge >= 0.3 is 12.1 Å². The summed E-state index contributed by atoms with van der Waals surface area (Å²) in [6, 6.07) is 14.5. The number of hydrogen-bond donors (Lipinski definition) is 1. The van der Waals surface area contributed by atoms with Crippen molar-refractivity contribution < 1.29 is 23.8 Å². The Balaban J connectivity index is 1.59. The van der Waals surface area contributed by atoms with Crippen LogP contribution < -0.4 is 0 Å². The Morgan fingerprint density at radius 3 is 2.52 bits per heavy atom. The van der Waals surface area contributed by atoms with Crippen molar-refractivity contribution in [1.82, 2.24) is 9.80 Å². The van der Waals surface area contributed by atoms with E-state index in [1.807, 2.05) is 30.3 Å². The third kappa shape index (κ3) is 5.04. The molecule has 142 valence electrons. The molecule has 1 heterocycles. The molecule has 1 saturated heterocycles. The minimum absolute atomic E-state index is 0.0261. The van der Waals surface area contributed by atoms with Gasteiger partial charge in [0.2, 0.25) is 0 Å². The van der Waals surface area contributed by atoms with Crippen LogP contribution in [0.4, 0.5) is 9.18 Å². The highest BCUT2D eigenvalue weighted by Crippen LogP contribution is 2.16. The van der Waals surface area contributed by atoms with Gasteiger partial charge in [0.15, 0.2) is 0 Å². The predicted molar refractivity (Wildman–Crippen MR) is 96.4 cm³/mol. The van der Waals surface area contributed by atoms with Gasteiger partial charge in [-0.25, -0.2) is 9.18 Å². The van der Waals surface area contributed by atoms with Crippen LogP contribution in [0.2, 0.25) is 0 Å². The quantitative estimate of drug-likeness (QED) is 0.874. The molecule has 1 N–H and O–H groups in total. The molecule has 0 aliphatic carbocycles. The zero-order valence-corrected chi connectivity index (χ0v) is 14.8. The van der Waals surface area contributed by atoms with E-state index in [1.165, 1.54) is 17.0 Å². The largest absolute Gasteiger partial charge is 0.480 e. The molecular weight excluding hydrogens is 351 g/mol. The first-order valence-corrected chi connectivity index (χ1v) is 8.70. The first-order valence-electron chi connectivity index (χ1n) is 8.70. The molecule has 2 aromatic rings. The highest BCUT2D eigenvalue weighted by atomic mass is 19.1. The van der Waals surface area contributed by atoms with Gasteiger partial charge in [-0.15, -0.1) is 0 Å². The number of ether oxygens (including phenoxy) is 1. The molecule has 7 heteroatoms. The van der Waals surface area contributed by atoms with Crippen LogP contribution in [-0.2, 0) is 22.7 Å². The van der Waals surface area contributed by atoms with Gasteiger partial charge in [-0.3, -0.25) is 9.69 Å². The van der Waals surface area contributed by atoms with Crippen LogP contribution in [0.15, 0.2) is 54.6 Å². The number of benzene rings is 2. The maximum atomic E-state index is 13.4. The van der Waals surface area contributed by atoms with Gasteiger partial charge in [-0.2, -0.15) is 0 Å². The summed E-state index contributed by atoms with van der Waals surface area (Å²) in [5.41, 5.74) is 1.56. The van der Waals surface area contributed by atoms with Gasteiger partial charge in [0, 0.05) is 19.6 Å². The number of aliphatic carboxylic acids is 1. The van der Waals surface area contributed by atoms with Crippen LogP contribution in [0.25, 0.3) is 0 Å². The summed E-state index contributed by atoms with van der Waals surface area (Å²) in [6.45, 7) is 1.20. The lowest BCUT2D eigenvalue weighted by atomic mass is 10.1. The van der Waals surface area contributed by atoms with E-state index in [0.29, 0.717) is 25.2 Å². The maximum Gasteiger partial charge on any atom is 0.410 e. The van der Waals surface area contributed by atoms with Crippen molar-refractivity contribution in [2.75, 3.05) is 19.6 Å². The number of carboxylic acids is 1. The maximum absolute atomic E-state index is 13.4. The number of halogens is 1. The van der Waals surface area contributed by atoms with Crippen molar-refractivity contribution in [3.05, 3.63) is 71.5 Å². The Morgan fingerprint density at radius 1 is 1.07 bits per heavy atom. The molecule has 0 radical (unpaired) electrons. The first-order chi connectivity index (χ1) is 13.0. The first kappa shape index (κ1) is 18.8. The number of nitrogens with zero attached hydrogens (tertiary/aromatic N) is 2. The summed E-state index contributed by atoms with van der Waals surface area (Å²) in [4.78, 5) is 27.1. The Bertz CT molecular complexity index is 800. The fraction of sp³-hybridized carbons (Fsp3) is 0.300. The molecule has 1 fully saturated rings. The van der Waals surface area contributed by atoms with Crippen LogP contribution in [-0.4, -0.2) is 52.6 Å². The number of carboxylic acid groups (broad SMARTS) is 1. The van der Waals surface area contributed by atoms with Crippen LogP contribution in [0.1, 0.15) is 11.1 Å². The molecule has 3 rings (SSSR count). The molecule has 1 aliphatic heterocycles. The van der Waals surface area contributed by atoms with E-state index in [0.717, 1.165) is 5.56 Å². The third-order valence-electron chi connectivity index (χ3n) is 4.51. The molecule has 1 aliphatic rings. The Kier molecular flexibility index (Phi) is 6.03. The Labute approximate surface area is 156 Å². The van der Waals surface area contributed by atoms with E-state index in [4.69, 9.17) is 4.74 Å². The molecule has 0 spiro atoms. The van der Waals surface area contributed by atoms with Crippen molar-refractivity contribution in [3.63, 3.8) is 0 Å². The number of rotatable bonds is 5. The zero-order chi connectivity index (χ0) is 19.2. The monoisotopic (exact) mass is 372 g/mol.